The smallest absolute Gasteiger partial charge is 0.254 e. The molecule has 3 heteroatoms. The molecule has 0 N–H and O–H groups in total. The summed E-state index contributed by atoms with van der Waals surface area (Å²) in [7, 11) is 1.73. The van der Waals surface area contributed by atoms with E-state index in [1.165, 1.54) is 6.07 Å². The van der Waals surface area contributed by atoms with Crippen LogP contribution in [0.15, 0.2) is 12.1 Å². The number of halogens is 1. The molecule has 1 aliphatic rings. The molecule has 0 atom stereocenters. The molecule has 0 bridgehead atoms. The molecule has 1 aromatic rings. The van der Waals surface area contributed by atoms with Gasteiger partial charge in [0.25, 0.3) is 5.91 Å². The molecule has 2 nitrogen and oxygen atoms in total. The minimum atomic E-state index is -0.282. The number of hydrogen-bond acceptors (Lipinski definition) is 1. The van der Waals surface area contributed by atoms with E-state index in [0.717, 1.165) is 5.56 Å². The third-order valence-corrected chi connectivity index (χ3v) is 2.99. The third kappa shape index (κ3) is 1.60. The molecule has 0 saturated carbocycles. The number of rotatable bonds is 0. The van der Waals surface area contributed by atoms with Gasteiger partial charge in [-0.05, 0) is 28.7 Å². The number of carbonyl (C=O) groups is 1. The molecule has 2 rings (SSSR count). The van der Waals surface area contributed by atoms with Crippen molar-refractivity contribution in [2.45, 2.75) is 32.7 Å². The average Bonchev–Trinajstić information content (AvgIpc) is 2.41. The van der Waals surface area contributed by atoms with Crippen LogP contribution in [0.25, 0.3) is 0 Å². The molecule has 0 spiro atoms. The van der Waals surface area contributed by atoms with Crippen molar-refractivity contribution in [3.05, 3.63) is 34.6 Å². The van der Waals surface area contributed by atoms with Gasteiger partial charge >= 0.3 is 0 Å². The summed E-state index contributed by atoms with van der Waals surface area (Å²) in [5, 5.41) is 0. The predicted molar refractivity (Wildman–Crippen MR) is 60.9 cm³/mol. The first-order valence-corrected chi connectivity index (χ1v) is 5.39. The van der Waals surface area contributed by atoms with Crippen molar-refractivity contribution in [3.8, 4) is 0 Å². The lowest BCUT2D eigenvalue weighted by Gasteiger charge is -2.20. The van der Waals surface area contributed by atoms with Crippen LogP contribution in [0.2, 0.25) is 0 Å². The van der Waals surface area contributed by atoms with Gasteiger partial charge in [0.1, 0.15) is 5.82 Å². The standard InChI is InChI=1S/C13H16FNO/c1-13(2,3)10-5-8-7-15(4)12(16)9(8)6-11(10)14/h5-6H,7H2,1-4H3. The second kappa shape index (κ2) is 3.30. The number of benzene rings is 1. The molecule has 1 aliphatic heterocycles. The third-order valence-electron chi connectivity index (χ3n) is 2.99. The van der Waals surface area contributed by atoms with E-state index in [0.29, 0.717) is 17.7 Å². The Morgan fingerprint density at radius 2 is 1.94 bits per heavy atom. The maximum absolute atomic E-state index is 13.9. The van der Waals surface area contributed by atoms with Gasteiger partial charge in [-0.1, -0.05) is 20.8 Å². The molecule has 0 aliphatic carbocycles. The Bertz CT molecular complexity index is 460. The van der Waals surface area contributed by atoms with Crippen molar-refractivity contribution in [3.63, 3.8) is 0 Å². The number of nitrogens with zero attached hydrogens (tertiary/aromatic N) is 1. The van der Waals surface area contributed by atoms with Crippen molar-refractivity contribution in [2.24, 2.45) is 0 Å². The maximum atomic E-state index is 13.9. The van der Waals surface area contributed by atoms with Crippen LogP contribution in [0.4, 0.5) is 4.39 Å². The van der Waals surface area contributed by atoms with Crippen molar-refractivity contribution >= 4 is 5.91 Å². The summed E-state index contributed by atoms with van der Waals surface area (Å²) in [6, 6.07) is 3.20. The predicted octanol–water partition coefficient (Wildman–Crippen LogP) is 2.71. The zero-order valence-electron chi connectivity index (χ0n) is 10.1. The fourth-order valence-corrected chi connectivity index (χ4v) is 2.06. The summed E-state index contributed by atoms with van der Waals surface area (Å²) in [6.45, 7) is 6.49. The summed E-state index contributed by atoms with van der Waals surface area (Å²) in [4.78, 5) is 13.3. The van der Waals surface area contributed by atoms with Gasteiger partial charge in [0.15, 0.2) is 0 Å². The van der Waals surface area contributed by atoms with Crippen LogP contribution in [0.5, 0.6) is 0 Å². The molecule has 16 heavy (non-hydrogen) atoms. The van der Waals surface area contributed by atoms with Gasteiger partial charge in [-0.25, -0.2) is 4.39 Å². The van der Waals surface area contributed by atoms with Crippen LogP contribution in [-0.4, -0.2) is 17.9 Å². The Hall–Kier alpha value is -1.38. The first-order valence-electron chi connectivity index (χ1n) is 5.39. The van der Waals surface area contributed by atoms with Crippen molar-refractivity contribution in [2.75, 3.05) is 7.05 Å². The second-order valence-electron chi connectivity index (χ2n) is 5.40. The number of hydrogen-bond donors (Lipinski definition) is 0. The molecule has 86 valence electrons. The second-order valence-corrected chi connectivity index (χ2v) is 5.40. The van der Waals surface area contributed by atoms with Gasteiger partial charge < -0.3 is 4.90 Å². The van der Waals surface area contributed by atoms with Crippen molar-refractivity contribution in [1.82, 2.24) is 4.90 Å². The van der Waals surface area contributed by atoms with Crippen molar-refractivity contribution in [1.29, 1.82) is 0 Å². The maximum Gasteiger partial charge on any atom is 0.254 e. The zero-order valence-corrected chi connectivity index (χ0v) is 10.1. The van der Waals surface area contributed by atoms with E-state index in [9.17, 15) is 9.18 Å². The lowest BCUT2D eigenvalue weighted by atomic mass is 9.85. The summed E-state index contributed by atoms with van der Waals surface area (Å²) in [5.74, 6) is -0.371. The minimum absolute atomic E-state index is 0.0886. The topological polar surface area (TPSA) is 20.3 Å². The first kappa shape index (κ1) is 11.1. The lowest BCUT2D eigenvalue weighted by molar-refractivity contribution is 0.0816. The Labute approximate surface area is 95.1 Å². The van der Waals surface area contributed by atoms with Gasteiger partial charge in [-0.3, -0.25) is 4.79 Å². The van der Waals surface area contributed by atoms with Crippen LogP contribution in [0, 0.1) is 5.82 Å². The quantitative estimate of drug-likeness (QED) is 0.659. The van der Waals surface area contributed by atoms with Crippen molar-refractivity contribution < 1.29 is 9.18 Å². The van der Waals surface area contributed by atoms with Gasteiger partial charge in [0.2, 0.25) is 0 Å². The highest BCUT2D eigenvalue weighted by Crippen LogP contribution is 2.31. The normalized spacial score (nSPS) is 15.6. The van der Waals surface area contributed by atoms with Gasteiger partial charge in [-0.2, -0.15) is 0 Å². The van der Waals surface area contributed by atoms with E-state index >= 15 is 0 Å². The van der Waals surface area contributed by atoms with E-state index in [4.69, 9.17) is 0 Å². The summed E-state index contributed by atoms with van der Waals surface area (Å²) in [5.41, 5.74) is 1.88. The SMILES string of the molecule is CN1Cc2cc(C(C)(C)C)c(F)cc2C1=O. The lowest BCUT2D eigenvalue weighted by Crippen LogP contribution is -2.17. The van der Waals surface area contributed by atoms with Gasteiger partial charge in [0, 0.05) is 19.2 Å². The largest absolute Gasteiger partial charge is 0.337 e. The summed E-state index contributed by atoms with van der Waals surface area (Å²) < 4.78 is 13.9. The molecule has 1 aromatic carbocycles. The van der Waals surface area contributed by atoms with Crippen LogP contribution < -0.4 is 0 Å². The molecule has 0 saturated heterocycles. The minimum Gasteiger partial charge on any atom is -0.337 e. The molecular weight excluding hydrogens is 205 g/mol. The molecular formula is C13H16FNO. The van der Waals surface area contributed by atoms with Crippen LogP contribution in [-0.2, 0) is 12.0 Å². The zero-order chi connectivity index (χ0) is 12.1. The van der Waals surface area contributed by atoms with Gasteiger partial charge in [-0.15, -0.1) is 0 Å². The van der Waals surface area contributed by atoms with Crippen LogP contribution in [0.1, 0.15) is 42.3 Å². The number of carbonyl (C=O) groups excluding carboxylic acids is 1. The van der Waals surface area contributed by atoms with E-state index < -0.39 is 0 Å². The van der Waals surface area contributed by atoms with E-state index in [1.807, 2.05) is 26.8 Å². The van der Waals surface area contributed by atoms with E-state index in [2.05, 4.69) is 0 Å². The molecule has 0 fully saturated rings. The summed E-state index contributed by atoms with van der Waals surface area (Å²) >= 11 is 0. The van der Waals surface area contributed by atoms with Crippen LogP contribution >= 0.6 is 0 Å². The number of amides is 1. The Kier molecular flexibility index (Phi) is 2.30. The highest BCUT2D eigenvalue weighted by molar-refractivity contribution is 5.98. The molecule has 0 aromatic heterocycles. The Balaban J connectivity index is 2.58. The fraction of sp³-hybridized carbons (Fsp3) is 0.462. The molecule has 0 unspecified atom stereocenters. The van der Waals surface area contributed by atoms with E-state index in [-0.39, 0.29) is 17.1 Å². The van der Waals surface area contributed by atoms with E-state index in [1.54, 1.807) is 11.9 Å². The fourth-order valence-electron chi connectivity index (χ4n) is 2.06. The Morgan fingerprint density at radius 1 is 1.31 bits per heavy atom. The van der Waals surface area contributed by atoms with Crippen LogP contribution in [0.3, 0.4) is 0 Å². The monoisotopic (exact) mass is 221 g/mol. The highest BCUT2D eigenvalue weighted by Gasteiger charge is 2.28. The Morgan fingerprint density at radius 3 is 2.50 bits per heavy atom. The molecule has 1 heterocycles. The van der Waals surface area contributed by atoms with Gasteiger partial charge in [0.05, 0.1) is 0 Å². The average molecular weight is 221 g/mol. The molecule has 1 amide bonds. The molecule has 0 radical (unpaired) electrons. The number of fused-ring (bicyclic) bond motifs is 1. The highest BCUT2D eigenvalue weighted by atomic mass is 19.1. The summed E-state index contributed by atoms with van der Waals surface area (Å²) in [6.07, 6.45) is 0. The first-order chi connectivity index (χ1) is 7.30.